The molecule has 0 unspecified atom stereocenters. The molecule has 5 heteroatoms. The van der Waals surface area contributed by atoms with Gasteiger partial charge in [-0.2, -0.15) is 0 Å². The number of hydrogen-bond donors (Lipinski definition) is 2. The van der Waals surface area contributed by atoms with E-state index in [2.05, 4.69) is 10.2 Å². The third kappa shape index (κ3) is 2.11. The van der Waals surface area contributed by atoms with Gasteiger partial charge in [-0.05, 0) is 18.2 Å². The summed E-state index contributed by atoms with van der Waals surface area (Å²) in [4.78, 5) is 11.1. The van der Waals surface area contributed by atoms with Gasteiger partial charge in [0, 0.05) is 5.69 Å². The number of hydrazine groups is 1. The maximum absolute atomic E-state index is 11.1. The number of esters is 1. The number of nitrogen functional groups attached to an aromatic ring is 1. The number of nitrogens with one attached hydrogen (secondary N) is 1. The van der Waals surface area contributed by atoms with E-state index in [0.29, 0.717) is 16.3 Å². The smallest absolute Gasteiger partial charge is 0.339 e. The van der Waals surface area contributed by atoms with E-state index in [1.165, 1.54) is 7.11 Å². The zero-order chi connectivity index (χ0) is 9.84. The Morgan fingerprint density at radius 2 is 2.31 bits per heavy atom. The van der Waals surface area contributed by atoms with Gasteiger partial charge in [-0.15, -0.1) is 0 Å². The Morgan fingerprint density at radius 3 is 2.77 bits per heavy atom. The zero-order valence-corrected chi connectivity index (χ0v) is 7.76. The molecule has 0 heterocycles. The van der Waals surface area contributed by atoms with E-state index < -0.39 is 5.97 Å². The van der Waals surface area contributed by atoms with Gasteiger partial charge in [-0.1, -0.05) is 11.6 Å². The van der Waals surface area contributed by atoms with E-state index >= 15 is 0 Å². The number of benzene rings is 1. The van der Waals surface area contributed by atoms with Crippen LogP contribution >= 0.6 is 11.6 Å². The van der Waals surface area contributed by atoms with Gasteiger partial charge in [-0.3, -0.25) is 5.84 Å². The minimum Gasteiger partial charge on any atom is -0.465 e. The third-order valence-corrected chi connectivity index (χ3v) is 1.85. The lowest BCUT2D eigenvalue weighted by Gasteiger charge is -2.04. The van der Waals surface area contributed by atoms with Crippen molar-refractivity contribution >= 4 is 23.3 Å². The van der Waals surface area contributed by atoms with Crippen molar-refractivity contribution in [3.8, 4) is 0 Å². The van der Waals surface area contributed by atoms with Crippen LogP contribution in [0.4, 0.5) is 5.69 Å². The van der Waals surface area contributed by atoms with E-state index in [-0.39, 0.29) is 0 Å². The SMILES string of the molecule is COC(=O)c1ccc(NN)cc1Cl. The highest BCUT2D eigenvalue weighted by molar-refractivity contribution is 6.33. The lowest BCUT2D eigenvalue weighted by Crippen LogP contribution is -2.08. The summed E-state index contributed by atoms with van der Waals surface area (Å²) in [6.45, 7) is 0. The quantitative estimate of drug-likeness (QED) is 0.431. The number of carbonyl (C=O) groups excluding carboxylic acids is 1. The molecule has 0 amide bonds. The summed E-state index contributed by atoms with van der Waals surface area (Å²) in [7, 11) is 1.30. The first-order chi connectivity index (χ1) is 6.19. The molecular weight excluding hydrogens is 192 g/mol. The van der Waals surface area contributed by atoms with E-state index in [1.54, 1.807) is 18.2 Å². The fraction of sp³-hybridized carbons (Fsp3) is 0.125. The minimum atomic E-state index is -0.464. The Morgan fingerprint density at radius 1 is 1.62 bits per heavy atom. The van der Waals surface area contributed by atoms with Crippen molar-refractivity contribution in [3.63, 3.8) is 0 Å². The largest absolute Gasteiger partial charge is 0.465 e. The predicted octanol–water partition coefficient (Wildman–Crippen LogP) is 1.41. The first-order valence-electron chi connectivity index (χ1n) is 3.53. The summed E-state index contributed by atoms with van der Waals surface area (Å²) in [5.41, 5.74) is 3.37. The summed E-state index contributed by atoms with van der Waals surface area (Å²) in [5.74, 6) is 4.69. The fourth-order valence-corrected chi connectivity index (χ4v) is 1.14. The Bertz CT molecular complexity index is 328. The van der Waals surface area contributed by atoms with Crippen LogP contribution in [-0.4, -0.2) is 13.1 Å². The van der Waals surface area contributed by atoms with Crippen LogP contribution in [0, 0.1) is 0 Å². The van der Waals surface area contributed by atoms with Crippen molar-refractivity contribution < 1.29 is 9.53 Å². The second-order valence-electron chi connectivity index (χ2n) is 2.33. The van der Waals surface area contributed by atoms with Crippen molar-refractivity contribution in [2.75, 3.05) is 12.5 Å². The highest BCUT2D eigenvalue weighted by atomic mass is 35.5. The average Bonchev–Trinajstić information content (AvgIpc) is 2.16. The van der Waals surface area contributed by atoms with Gasteiger partial charge in [-0.25, -0.2) is 4.79 Å². The summed E-state index contributed by atoms with van der Waals surface area (Å²) < 4.78 is 4.52. The maximum atomic E-state index is 11.1. The Hall–Kier alpha value is -1.26. The number of carbonyl (C=O) groups is 1. The molecule has 3 N–H and O–H groups in total. The minimum absolute atomic E-state index is 0.308. The van der Waals surface area contributed by atoms with Crippen molar-refractivity contribution in [3.05, 3.63) is 28.8 Å². The number of ether oxygens (including phenoxy) is 1. The molecular formula is C8H9ClN2O2. The van der Waals surface area contributed by atoms with Crippen LogP contribution in [0.25, 0.3) is 0 Å². The van der Waals surface area contributed by atoms with E-state index in [9.17, 15) is 4.79 Å². The molecule has 1 aromatic rings. The van der Waals surface area contributed by atoms with Gasteiger partial charge >= 0.3 is 5.97 Å². The second kappa shape index (κ2) is 4.11. The fourth-order valence-electron chi connectivity index (χ4n) is 0.880. The highest BCUT2D eigenvalue weighted by Crippen LogP contribution is 2.20. The topological polar surface area (TPSA) is 64.3 Å². The zero-order valence-electron chi connectivity index (χ0n) is 7.00. The number of methoxy groups -OCH3 is 1. The summed E-state index contributed by atoms with van der Waals surface area (Å²) in [6, 6.07) is 4.73. The van der Waals surface area contributed by atoms with Gasteiger partial charge in [0.15, 0.2) is 0 Å². The first-order valence-corrected chi connectivity index (χ1v) is 3.91. The first kappa shape index (κ1) is 9.83. The lowest BCUT2D eigenvalue weighted by molar-refractivity contribution is 0.0601. The predicted molar refractivity (Wildman–Crippen MR) is 50.6 cm³/mol. The molecule has 0 saturated carbocycles. The number of halogens is 1. The standard InChI is InChI=1S/C8H9ClN2O2/c1-13-8(12)6-3-2-5(11-10)4-7(6)9/h2-4,11H,10H2,1H3. The molecule has 0 aliphatic carbocycles. The highest BCUT2D eigenvalue weighted by Gasteiger charge is 2.09. The van der Waals surface area contributed by atoms with Gasteiger partial charge < -0.3 is 10.2 Å². The van der Waals surface area contributed by atoms with Crippen LogP contribution in [-0.2, 0) is 4.74 Å². The summed E-state index contributed by atoms with van der Waals surface area (Å²) >= 11 is 5.79. The van der Waals surface area contributed by atoms with Crippen LogP contribution in [0.3, 0.4) is 0 Å². The van der Waals surface area contributed by atoms with E-state index in [4.69, 9.17) is 17.4 Å². The summed E-state index contributed by atoms with van der Waals surface area (Å²) in [6.07, 6.45) is 0. The monoisotopic (exact) mass is 200 g/mol. The molecule has 0 aromatic heterocycles. The van der Waals surface area contributed by atoms with Gasteiger partial charge in [0.2, 0.25) is 0 Å². The number of anilines is 1. The molecule has 1 aromatic carbocycles. The van der Waals surface area contributed by atoms with Crippen LogP contribution in [0.1, 0.15) is 10.4 Å². The lowest BCUT2D eigenvalue weighted by atomic mass is 10.2. The molecule has 4 nitrogen and oxygen atoms in total. The van der Waals surface area contributed by atoms with Crippen molar-refractivity contribution in [2.45, 2.75) is 0 Å². The molecule has 0 fully saturated rings. The van der Waals surface area contributed by atoms with Gasteiger partial charge in [0.1, 0.15) is 0 Å². The molecule has 0 saturated heterocycles. The van der Waals surface area contributed by atoms with Crippen LogP contribution < -0.4 is 11.3 Å². The number of hydrogen-bond acceptors (Lipinski definition) is 4. The molecule has 0 spiro atoms. The Labute approximate surface area is 80.6 Å². The third-order valence-electron chi connectivity index (χ3n) is 1.54. The van der Waals surface area contributed by atoms with E-state index in [1.807, 2.05) is 0 Å². The van der Waals surface area contributed by atoms with E-state index in [0.717, 1.165) is 0 Å². The molecule has 0 aliphatic rings. The van der Waals surface area contributed by atoms with Crippen LogP contribution in [0.5, 0.6) is 0 Å². The second-order valence-corrected chi connectivity index (χ2v) is 2.74. The molecule has 1 rings (SSSR count). The molecule has 0 radical (unpaired) electrons. The average molecular weight is 201 g/mol. The summed E-state index contributed by atoms with van der Waals surface area (Å²) in [5, 5.41) is 0.308. The van der Waals surface area contributed by atoms with Crippen LogP contribution in [0.15, 0.2) is 18.2 Å². The molecule has 70 valence electrons. The van der Waals surface area contributed by atoms with Gasteiger partial charge in [0.25, 0.3) is 0 Å². The normalized spacial score (nSPS) is 9.46. The Kier molecular flexibility index (Phi) is 3.11. The van der Waals surface area contributed by atoms with Crippen LogP contribution in [0.2, 0.25) is 5.02 Å². The van der Waals surface area contributed by atoms with Crippen molar-refractivity contribution in [1.29, 1.82) is 0 Å². The molecule has 13 heavy (non-hydrogen) atoms. The Balaban J connectivity index is 3.05. The molecule has 0 aliphatic heterocycles. The van der Waals surface area contributed by atoms with Crippen molar-refractivity contribution in [2.24, 2.45) is 5.84 Å². The number of rotatable bonds is 2. The number of nitrogens with two attached hydrogens (primary N) is 1. The van der Waals surface area contributed by atoms with Crippen molar-refractivity contribution in [1.82, 2.24) is 0 Å². The maximum Gasteiger partial charge on any atom is 0.339 e. The van der Waals surface area contributed by atoms with Gasteiger partial charge in [0.05, 0.1) is 17.7 Å². The molecule has 0 bridgehead atoms. The molecule has 0 atom stereocenters.